The van der Waals surface area contributed by atoms with Gasteiger partial charge in [0.1, 0.15) is 5.41 Å². The molecule has 104 valence electrons. The van der Waals surface area contributed by atoms with Crippen LogP contribution in [-0.2, 0) is 5.41 Å². The number of carboxylic acid groups (broad SMARTS) is 1. The summed E-state index contributed by atoms with van der Waals surface area (Å²) in [5, 5.41) is 12.1. The lowest BCUT2D eigenvalue weighted by molar-refractivity contribution is -0.162. The molecule has 1 saturated carbocycles. The van der Waals surface area contributed by atoms with Crippen LogP contribution in [0.2, 0.25) is 0 Å². The number of hydrogen-bond donors (Lipinski definition) is 1. The molecule has 0 bridgehead atoms. The zero-order chi connectivity index (χ0) is 13.8. The van der Waals surface area contributed by atoms with Crippen molar-refractivity contribution in [1.29, 1.82) is 0 Å². The standard InChI is InChI=1S/C10H10F3N3O3/c11-10(12,13)9(1-2-9)7-14-6(19-15-7)5-3-16(4-5)8(17)18/h5H,1-4H2,(H,17,18). The highest BCUT2D eigenvalue weighted by atomic mass is 19.4. The molecule has 6 nitrogen and oxygen atoms in total. The first-order valence-corrected chi connectivity index (χ1v) is 5.72. The predicted molar refractivity (Wildman–Crippen MR) is 53.6 cm³/mol. The van der Waals surface area contributed by atoms with Crippen LogP contribution in [0.3, 0.4) is 0 Å². The van der Waals surface area contributed by atoms with Crippen molar-refractivity contribution >= 4 is 6.09 Å². The zero-order valence-corrected chi connectivity index (χ0v) is 9.65. The molecule has 3 rings (SSSR count). The summed E-state index contributed by atoms with van der Waals surface area (Å²) in [4.78, 5) is 15.5. The Morgan fingerprint density at radius 1 is 1.42 bits per heavy atom. The molecule has 2 heterocycles. The fraction of sp³-hybridized carbons (Fsp3) is 0.700. The van der Waals surface area contributed by atoms with Gasteiger partial charge in [0, 0.05) is 13.1 Å². The number of likely N-dealkylation sites (tertiary alicyclic amines) is 1. The van der Waals surface area contributed by atoms with Crippen molar-refractivity contribution in [3.05, 3.63) is 11.7 Å². The molecule has 0 spiro atoms. The third kappa shape index (κ3) is 1.75. The van der Waals surface area contributed by atoms with Crippen LogP contribution in [0.15, 0.2) is 4.52 Å². The Labute approximate surface area is 105 Å². The van der Waals surface area contributed by atoms with Gasteiger partial charge in [-0.1, -0.05) is 5.16 Å². The minimum atomic E-state index is -4.37. The van der Waals surface area contributed by atoms with Crippen LogP contribution in [0.4, 0.5) is 18.0 Å². The van der Waals surface area contributed by atoms with E-state index >= 15 is 0 Å². The van der Waals surface area contributed by atoms with Crippen molar-refractivity contribution in [1.82, 2.24) is 15.0 Å². The van der Waals surface area contributed by atoms with Gasteiger partial charge in [-0.3, -0.25) is 0 Å². The summed E-state index contributed by atoms with van der Waals surface area (Å²) in [6.45, 7) is 0.353. The van der Waals surface area contributed by atoms with Gasteiger partial charge in [-0.2, -0.15) is 18.2 Å². The smallest absolute Gasteiger partial charge is 0.407 e. The fourth-order valence-electron chi connectivity index (χ4n) is 2.15. The first-order valence-electron chi connectivity index (χ1n) is 5.72. The number of alkyl halides is 3. The second kappa shape index (κ2) is 3.61. The first kappa shape index (κ1) is 12.2. The van der Waals surface area contributed by atoms with E-state index in [1.54, 1.807) is 0 Å². The van der Waals surface area contributed by atoms with E-state index in [0.29, 0.717) is 0 Å². The van der Waals surface area contributed by atoms with Crippen molar-refractivity contribution in [3.63, 3.8) is 0 Å². The molecule has 1 N–H and O–H groups in total. The zero-order valence-electron chi connectivity index (χ0n) is 9.65. The van der Waals surface area contributed by atoms with E-state index in [4.69, 9.17) is 9.63 Å². The van der Waals surface area contributed by atoms with Crippen LogP contribution in [0.25, 0.3) is 0 Å². The van der Waals surface area contributed by atoms with Crippen molar-refractivity contribution in [2.45, 2.75) is 30.4 Å². The second-order valence-corrected chi connectivity index (χ2v) is 4.92. The molecule has 0 aromatic carbocycles. The molecular weight excluding hydrogens is 267 g/mol. The van der Waals surface area contributed by atoms with E-state index in [1.807, 2.05) is 0 Å². The third-order valence-electron chi connectivity index (χ3n) is 3.66. The van der Waals surface area contributed by atoms with Gasteiger partial charge in [0.2, 0.25) is 5.89 Å². The van der Waals surface area contributed by atoms with Crippen LogP contribution >= 0.6 is 0 Å². The number of nitrogens with zero attached hydrogens (tertiary/aromatic N) is 3. The summed E-state index contributed by atoms with van der Waals surface area (Å²) in [5.41, 5.74) is -1.95. The minimum absolute atomic E-state index is 0.0264. The van der Waals surface area contributed by atoms with E-state index in [2.05, 4.69) is 10.1 Å². The number of amides is 1. The quantitative estimate of drug-likeness (QED) is 0.890. The molecule has 1 aromatic heterocycles. The van der Waals surface area contributed by atoms with E-state index in [9.17, 15) is 18.0 Å². The molecule has 19 heavy (non-hydrogen) atoms. The number of aromatic nitrogens is 2. The number of hydrogen-bond acceptors (Lipinski definition) is 4. The number of rotatable bonds is 2. The molecule has 1 saturated heterocycles. The molecule has 0 radical (unpaired) electrons. The predicted octanol–water partition coefficient (Wildman–Crippen LogP) is 1.74. The molecule has 9 heteroatoms. The van der Waals surface area contributed by atoms with Crippen molar-refractivity contribution in [2.75, 3.05) is 13.1 Å². The topological polar surface area (TPSA) is 79.5 Å². The van der Waals surface area contributed by atoms with Gasteiger partial charge < -0.3 is 14.5 Å². The third-order valence-corrected chi connectivity index (χ3v) is 3.66. The van der Waals surface area contributed by atoms with Crippen LogP contribution in [0.1, 0.15) is 30.5 Å². The van der Waals surface area contributed by atoms with Crippen LogP contribution in [-0.4, -0.2) is 45.5 Å². The molecule has 0 atom stereocenters. The van der Waals surface area contributed by atoms with Crippen molar-refractivity contribution in [2.24, 2.45) is 0 Å². The fourth-order valence-corrected chi connectivity index (χ4v) is 2.15. The Bertz CT molecular complexity index is 518. The van der Waals surface area contributed by atoms with Gasteiger partial charge in [-0.05, 0) is 12.8 Å². The Balaban J connectivity index is 1.74. The Hall–Kier alpha value is -1.80. The second-order valence-electron chi connectivity index (χ2n) is 4.92. The maximum Gasteiger partial charge on any atom is 0.407 e. The summed E-state index contributed by atoms with van der Waals surface area (Å²) < 4.78 is 43.4. The maximum atomic E-state index is 12.8. The van der Waals surface area contributed by atoms with E-state index < -0.39 is 17.7 Å². The summed E-state index contributed by atoms with van der Waals surface area (Å²) in [7, 11) is 0. The highest BCUT2D eigenvalue weighted by Gasteiger charge is 2.67. The Morgan fingerprint density at radius 3 is 2.53 bits per heavy atom. The van der Waals surface area contributed by atoms with Crippen molar-refractivity contribution < 1.29 is 27.6 Å². The minimum Gasteiger partial charge on any atom is -0.465 e. The molecule has 2 fully saturated rings. The Kier molecular flexibility index (Phi) is 2.33. The lowest BCUT2D eigenvalue weighted by atomic mass is 10.0. The lowest BCUT2D eigenvalue weighted by Crippen LogP contribution is -2.47. The Morgan fingerprint density at radius 2 is 2.05 bits per heavy atom. The van der Waals surface area contributed by atoms with Gasteiger partial charge in [0.15, 0.2) is 5.82 Å². The van der Waals surface area contributed by atoms with Gasteiger partial charge in [-0.15, -0.1) is 0 Å². The van der Waals surface area contributed by atoms with Gasteiger partial charge in [0.25, 0.3) is 0 Å². The van der Waals surface area contributed by atoms with Gasteiger partial charge in [-0.25, -0.2) is 4.79 Å². The summed E-state index contributed by atoms with van der Waals surface area (Å²) in [6.07, 6.45) is -5.49. The molecule has 1 aliphatic carbocycles. The molecule has 0 unspecified atom stereocenters. The number of halogens is 3. The number of carbonyl (C=O) groups is 1. The SMILES string of the molecule is O=C(O)N1CC(c2nc(C3(C(F)(F)F)CC3)no2)C1. The molecule has 1 amide bonds. The first-order chi connectivity index (χ1) is 8.83. The highest BCUT2D eigenvalue weighted by molar-refractivity contribution is 5.66. The summed E-state index contributed by atoms with van der Waals surface area (Å²) >= 11 is 0. The molecular formula is C10H10F3N3O3. The van der Waals surface area contributed by atoms with Crippen LogP contribution < -0.4 is 0 Å². The van der Waals surface area contributed by atoms with E-state index in [1.165, 1.54) is 0 Å². The lowest BCUT2D eigenvalue weighted by Gasteiger charge is -2.34. The maximum absolute atomic E-state index is 12.8. The average molecular weight is 277 g/mol. The average Bonchev–Trinajstić information content (AvgIpc) is 2.91. The van der Waals surface area contributed by atoms with E-state index in [-0.39, 0.29) is 43.6 Å². The normalized spacial score (nSPS) is 22.2. The molecule has 1 aromatic rings. The van der Waals surface area contributed by atoms with Crippen LogP contribution in [0.5, 0.6) is 0 Å². The van der Waals surface area contributed by atoms with Crippen LogP contribution in [0, 0.1) is 0 Å². The largest absolute Gasteiger partial charge is 0.465 e. The summed E-state index contributed by atoms with van der Waals surface area (Å²) in [5.74, 6) is -0.548. The van der Waals surface area contributed by atoms with Gasteiger partial charge in [0.05, 0.1) is 5.92 Å². The summed E-state index contributed by atoms with van der Waals surface area (Å²) in [6, 6.07) is 0. The highest BCUT2D eigenvalue weighted by Crippen LogP contribution is 2.58. The van der Waals surface area contributed by atoms with E-state index in [0.717, 1.165) is 4.90 Å². The van der Waals surface area contributed by atoms with Gasteiger partial charge >= 0.3 is 12.3 Å². The molecule has 2 aliphatic rings. The molecule has 1 aliphatic heterocycles. The monoisotopic (exact) mass is 277 g/mol. The van der Waals surface area contributed by atoms with Crippen molar-refractivity contribution in [3.8, 4) is 0 Å².